The van der Waals surface area contributed by atoms with E-state index in [4.69, 9.17) is 34.7 Å². The highest BCUT2D eigenvalue weighted by atomic mass is 35.5. The Labute approximate surface area is 82.5 Å². The topological polar surface area (TPSA) is 52.0 Å². The molecule has 0 radical (unpaired) electrons. The summed E-state index contributed by atoms with van der Waals surface area (Å²) in [5.74, 6) is 0. The number of nitrogen functional groups attached to an aromatic ring is 2. The number of hydrogen-bond donors (Lipinski definition) is 2. The summed E-state index contributed by atoms with van der Waals surface area (Å²) < 4.78 is 0. The summed E-state index contributed by atoms with van der Waals surface area (Å²) in [5, 5.41) is 0.745. The lowest BCUT2D eigenvalue weighted by atomic mass is 10.3. The van der Waals surface area contributed by atoms with E-state index in [9.17, 15) is 0 Å². The fourth-order valence-corrected chi connectivity index (χ4v) is 0.918. The molecule has 0 aliphatic carbocycles. The number of hydrogen-bond acceptors (Lipinski definition) is 2. The number of benzene rings is 1. The maximum Gasteiger partial charge on any atom is 0.0842 e. The van der Waals surface area contributed by atoms with Gasteiger partial charge >= 0.3 is 0 Å². The summed E-state index contributed by atoms with van der Waals surface area (Å²) in [4.78, 5) is 0. The van der Waals surface area contributed by atoms with Gasteiger partial charge in [0.05, 0.1) is 21.4 Å². The Balaban J connectivity index is 0.000000561. The van der Waals surface area contributed by atoms with E-state index in [2.05, 4.69) is 0 Å². The van der Waals surface area contributed by atoms with Crippen LogP contribution in [-0.4, -0.2) is 0 Å². The third kappa shape index (κ3) is 2.47. The molecule has 0 amide bonds. The van der Waals surface area contributed by atoms with Gasteiger partial charge in [-0.05, 0) is 12.1 Å². The van der Waals surface area contributed by atoms with E-state index >= 15 is 0 Å². The molecule has 0 atom stereocenters. The Morgan fingerprint density at radius 1 is 1.08 bits per heavy atom. The molecule has 0 heterocycles. The summed E-state index contributed by atoms with van der Waals surface area (Å²) in [6.07, 6.45) is 0. The van der Waals surface area contributed by atoms with Crippen LogP contribution in [0.2, 0.25) is 10.0 Å². The molecule has 4 heteroatoms. The van der Waals surface area contributed by atoms with Crippen LogP contribution >= 0.6 is 23.2 Å². The Kier molecular flexibility index (Phi) is 4.86. The van der Waals surface area contributed by atoms with Crippen molar-refractivity contribution in [3.8, 4) is 0 Å². The quantitative estimate of drug-likeness (QED) is 0.642. The van der Waals surface area contributed by atoms with Gasteiger partial charge < -0.3 is 11.5 Å². The van der Waals surface area contributed by atoms with Crippen molar-refractivity contribution in [2.75, 3.05) is 11.5 Å². The molecule has 0 spiro atoms. The molecule has 0 saturated heterocycles. The first-order valence-electron chi connectivity index (χ1n) is 3.62. The maximum absolute atomic E-state index is 5.65. The molecule has 0 saturated carbocycles. The molecule has 1 aromatic rings. The SMILES string of the molecule is CC.Nc1ccc(Cl)c(Cl)c1N. The predicted octanol–water partition coefficient (Wildman–Crippen LogP) is 3.18. The van der Waals surface area contributed by atoms with Crippen LogP contribution in [0.3, 0.4) is 0 Å². The van der Waals surface area contributed by atoms with Crippen LogP contribution in [-0.2, 0) is 0 Å². The molecule has 0 aliphatic rings. The Morgan fingerprint density at radius 3 is 2.00 bits per heavy atom. The molecule has 68 valence electrons. The summed E-state index contributed by atoms with van der Waals surface area (Å²) in [5.41, 5.74) is 11.7. The first kappa shape index (κ1) is 11.4. The van der Waals surface area contributed by atoms with Crippen molar-refractivity contribution in [2.45, 2.75) is 13.8 Å². The highest BCUT2D eigenvalue weighted by Crippen LogP contribution is 2.31. The van der Waals surface area contributed by atoms with Crippen LogP contribution in [0.4, 0.5) is 11.4 Å². The van der Waals surface area contributed by atoms with Crippen molar-refractivity contribution < 1.29 is 0 Å². The summed E-state index contributed by atoms with van der Waals surface area (Å²) in [6, 6.07) is 3.22. The largest absolute Gasteiger partial charge is 0.397 e. The molecule has 1 aromatic carbocycles. The van der Waals surface area contributed by atoms with Crippen molar-refractivity contribution in [3.05, 3.63) is 22.2 Å². The van der Waals surface area contributed by atoms with Crippen LogP contribution in [0.15, 0.2) is 12.1 Å². The normalized spacial score (nSPS) is 8.67. The van der Waals surface area contributed by atoms with E-state index in [0.717, 1.165) is 0 Å². The molecule has 0 aliphatic heterocycles. The van der Waals surface area contributed by atoms with Gasteiger partial charge in [-0.15, -0.1) is 0 Å². The van der Waals surface area contributed by atoms with Gasteiger partial charge in [-0.2, -0.15) is 0 Å². The van der Waals surface area contributed by atoms with Crippen LogP contribution in [0.5, 0.6) is 0 Å². The first-order valence-corrected chi connectivity index (χ1v) is 4.37. The van der Waals surface area contributed by atoms with Crippen molar-refractivity contribution in [3.63, 3.8) is 0 Å². The summed E-state index contributed by atoms with van der Waals surface area (Å²) in [7, 11) is 0. The van der Waals surface area contributed by atoms with E-state index < -0.39 is 0 Å². The minimum Gasteiger partial charge on any atom is -0.397 e. The van der Waals surface area contributed by atoms with Crippen molar-refractivity contribution in [1.29, 1.82) is 0 Å². The van der Waals surface area contributed by atoms with Gasteiger partial charge in [0.25, 0.3) is 0 Å². The lowest BCUT2D eigenvalue weighted by molar-refractivity contribution is 1.50. The lowest BCUT2D eigenvalue weighted by Crippen LogP contribution is -1.94. The van der Waals surface area contributed by atoms with E-state index in [1.165, 1.54) is 0 Å². The third-order valence-corrected chi connectivity index (χ3v) is 1.99. The first-order chi connectivity index (χ1) is 5.63. The second kappa shape index (κ2) is 5.12. The average molecular weight is 207 g/mol. The second-order valence-corrected chi connectivity index (χ2v) is 2.65. The fourth-order valence-electron chi connectivity index (χ4n) is 0.581. The van der Waals surface area contributed by atoms with Gasteiger partial charge in [-0.1, -0.05) is 37.0 Å². The lowest BCUT2D eigenvalue weighted by Gasteiger charge is -2.02. The van der Waals surface area contributed by atoms with Gasteiger partial charge in [0.2, 0.25) is 0 Å². The maximum atomic E-state index is 5.65. The van der Waals surface area contributed by atoms with Crippen molar-refractivity contribution >= 4 is 34.6 Å². The molecular formula is C8H12Cl2N2. The van der Waals surface area contributed by atoms with E-state index in [0.29, 0.717) is 21.4 Å². The number of anilines is 2. The zero-order chi connectivity index (χ0) is 9.72. The van der Waals surface area contributed by atoms with Gasteiger partial charge in [-0.3, -0.25) is 0 Å². The molecule has 4 N–H and O–H groups in total. The molecule has 0 unspecified atom stereocenters. The number of nitrogens with two attached hydrogens (primary N) is 2. The van der Waals surface area contributed by atoms with E-state index in [1.54, 1.807) is 12.1 Å². The molecule has 12 heavy (non-hydrogen) atoms. The zero-order valence-electron chi connectivity index (χ0n) is 7.07. The number of halogens is 2. The molecule has 2 nitrogen and oxygen atoms in total. The second-order valence-electron chi connectivity index (χ2n) is 1.86. The Hall–Kier alpha value is -0.600. The minimum atomic E-state index is 0.321. The Morgan fingerprint density at radius 2 is 1.58 bits per heavy atom. The molecule has 0 fully saturated rings. The number of rotatable bonds is 0. The molecule has 1 rings (SSSR count). The van der Waals surface area contributed by atoms with Gasteiger partial charge in [0.1, 0.15) is 0 Å². The standard InChI is InChI=1S/C6H6Cl2N2.C2H6/c7-3-1-2-4(9)6(10)5(3)8;1-2/h1-2H,9-10H2;1-2H3. The van der Waals surface area contributed by atoms with Gasteiger partial charge in [0.15, 0.2) is 0 Å². The zero-order valence-corrected chi connectivity index (χ0v) is 8.58. The summed E-state index contributed by atoms with van der Waals surface area (Å²) in [6.45, 7) is 4.00. The van der Waals surface area contributed by atoms with Gasteiger partial charge in [0, 0.05) is 0 Å². The Bertz CT molecular complexity index is 234. The fraction of sp³-hybridized carbons (Fsp3) is 0.250. The van der Waals surface area contributed by atoms with E-state index in [-0.39, 0.29) is 0 Å². The summed E-state index contributed by atoms with van der Waals surface area (Å²) >= 11 is 11.3. The highest BCUT2D eigenvalue weighted by Gasteiger charge is 2.03. The minimum absolute atomic E-state index is 0.321. The van der Waals surface area contributed by atoms with Crippen LogP contribution in [0.25, 0.3) is 0 Å². The highest BCUT2D eigenvalue weighted by molar-refractivity contribution is 6.44. The van der Waals surface area contributed by atoms with Gasteiger partial charge in [-0.25, -0.2) is 0 Å². The van der Waals surface area contributed by atoms with Crippen LogP contribution in [0, 0.1) is 0 Å². The molecule has 0 bridgehead atoms. The van der Waals surface area contributed by atoms with Crippen molar-refractivity contribution in [2.24, 2.45) is 0 Å². The van der Waals surface area contributed by atoms with Crippen LogP contribution in [0.1, 0.15) is 13.8 Å². The van der Waals surface area contributed by atoms with E-state index in [1.807, 2.05) is 13.8 Å². The van der Waals surface area contributed by atoms with Crippen molar-refractivity contribution in [1.82, 2.24) is 0 Å². The predicted molar refractivity (Wildman–Crippen MR) is 56.6 cm³/mol. The third-order valence-electron chi connectivity index (χ3n) is 1.17. The molecule has 0 aromatic heterocycles. The average Bonchev–Trinajstić information content (AvgIpc) is 2.12. The smallest absolute Gasteiger partial charge is 0.0842 e. The monoisotopic (exact) mass is 206 g/mol. The van der Waals surface area contributed by atoms with Crippen LogP contribution < -0.4 is 11.5 Å². The molecular weight excluding hydrogens is 195 g/mol.